The topological polar surface area (TPSA) is 46.8 Å². The summed E-state index contributed by atoms with van der Waals surface area (Å²) in [6.07, 6.45) is 4.91. The molecule has 1 fully saturated rings. The molecule has 0 saturated carbocycles. The lowest BCUT2D eigenvalue weighted by Crippen LogP contribution is -2.23. The normalized spacial score (nSPS) is 19.9. The van der Waals surface area contributed by atoms with E-state index in [4.69, 9.17) is 4.74 Å². The highest BCUT2D eigenvalue weighted by atomic mass is 16.5. The molecule has 0 N–H and O–H groups in total. The molecule has 2 aromatic heterocycles. The molecule has 1 aliphatic rings. The molecule has 0 radical (unpaired) electrons. The van der Waals surface area contributed by atoms with Crippen molar-refractivity contribution in [1.29, 1.82) is 0 Å². The van der Waals surface area contributed by atoms with Gasteiger partial charge in [-0.1, -0.05) is 6.07 Å². The summed E-state index contributed by atoms with van der Waals surface area (Å²) < 4.78 is 6.81. The monoisotopic (exact) mass is 259 g/mol. The summed E-state index contributed by atoms with van der Waals surface area (Å²) in [7, 11) is 1.45. The second-order valence-corrected chi connectivity index (χ2v) is 4.94. The number of esters is 1. The number of pyridine rings is 1. The number of aromatic nitrogens is 2. The fraction of sp³-hybridized carbons (Fsp3) is 0.429. The molecular formula is C14H17N3O2. The molecule has 0 aromatic carbocycles. The number of nitrogens with zero attached hydrogens (tertiary/aromatic N) is 3. The van der Waals surface area contributed by atoms with Crippen LogP contribution in [0.5, 0.6) is 0 Å². The van der Waals surface area contributed by atoms with E-state index in [1.807, 2.05) is 35.0 Å². The van der Waals surface area contributed by atoms with Crippen molar-refractivity contribution in [3.63, 3.8) is 0 Å². The van der Waals surface area contributed by atoms with Crippen molar-refractivity contribution >= 4 is 11.6 Å². The molecule has 0 aliphatic carbocycles. The van der Waals surface area contributed by atoms with Crippen LogP contribution in [0.2, 0.25) is 0 Å². The summed E-state index contributed by atoms with van der Waals surface area (Å²) in [5, 5.41) is 0. The fourth-order valence-corrected chi connectivity index (χ4v) is 2.63. The molecule has 1 saturated heterocycles. The standard InChI is InChI=1S/C14H17N3O2/c1-19-14(18)11-5-7-16(8-11)9-12-10-17-6-3-2-4-13(17)15-12/h2-4,6,10-11H,5,7-9H2,1H3. The quantitative estimate of drug-likeness (QED) is 0.780. The van der Waals surface area contributed by atoms with E-state index in [2.05, 4.69) is 9.88 Å². The number of carbonyl (C=O) groups excluding carboxylic acids is 1. The Balaban J connectivity index is 1.67. The zero-order valence-electron chi connectivity index (χ0n) is 11.0. The number of likely N-dealkylation sites (tertiary alicyclic amines) is 1. The van der Waals surface area contributed by atoms with E-state index in [0.717, 1.165) is 37.4 Å². The first-order valence-corrected chi connectivity index (χ1v) is 6.49. The number of hydrogen-bond acceptors (Lipinski definition) is 4. The van der Waals surface area contributed by atoms with Crippen LogP contribution in [-0.2, 0) is 16.1 Å². The number of rotatable bonds is 3. The van der Waals surface area contributed by atoms with Gasteiger partial charge in [-0.3, -0.25) is 9.69 Å². The summed E-state index contributed by atoms with van der Waals surface area (Å²) in [4.78, 5) is 18.3. The van der Waals surface area contributed by atoms with Crippen LogP contribution < -0.4 is 0 Å². The van der Waals surface area contributed by atoms with E-state index in [1.165, 1.54) is 7.11 Å². The van der Waals surface area contributed by atoms with Gasteiger partial charge in [0.1, 0.15) is 5.65 Å². The minimum absolute atomic E-state index is 0.0158. The Kier molecular flexibility index (Phi) is 3.21. The number of ether oxygens (including phenoxy) is 1. The van der Waals surface area contributed by atoms with Crippen molar-refractivity contribution in [3.05, 3.63) is 36.3 Å². The zero-order valence-corrected chi connectivity index (χ0v) is 11.0. The van der Waals surface area contributed by atoms with Gasteiger partial charge in [-0.2, -0.15) is 0 Å². The van der Waals surface area contributed by atoms with Gasteiger partial charge in [0.05, 0.1) is 18.7 Å². The van der Waals surface area contributed by atoms with Crippen LogP contribution in [0.4, 0.5) is 0 Å². The second kappa shape index (κ2) is 5.01. The van der Waals surface area contributed by atoms with Crippen LogP contribution in [0.25, 0.3) is 5.65 Å². The molecule has 0 spiro atoms. The van der Waals surface area contributed by atoms with Gasteiger partial charge < -0.3 is 9.14 Å². The molecule has 100 valence electrons. The number of carbonyl (C=O) groups is 1. The van der Waals surface area contributed by atoms with Gasteiger partial charge >= 0.3 is 5.97 Å². The van der Waals surface area contributed by atoms with E-state index in [1.54, 1.807) is 0 Å². The van der Waals surface area contributed by atoms with Gasteiger partial charge in [0.25, 0.3) is 0 Å². The van der Waals surface area contributed by atoms with Crippen LogP contribution in [-0.4, -0.2) is 40.5 Å². The Hall–Kier alpha value is -1.88. The predicted octanol–water partition coefficient (Wildman–Crippen LogP) is 1.33. The Morgan fingerprint density at radius 2 is 2.42 bits per heavy atom. The summed E-state index contributed by atoms with van der Waals surface area (Å²) in [6.45, 7) is 2.48. The van der Waals surface area contributed by atoms with Crippen LogP contribution in [0, 0.1) is 5.92 Å². The molecular weight excluding hydrogens is 242 g/mol. The van der Waals surface area contributed by atoms with Crippen molar-refractivity contribution < 1.29 is 9.53 Å². The van der Waals surface area contributed by atoms with Crippen LogP contribution >= 0.6 is 0 Å². The third-order valence-electron chi connectivity index (χ3n) is 3.61. The number of imidazole rings is 1. The second-order valence-electron chi connectivity index (χ2n) is 4.94. The maximum atomic E-state index is 11.5. The van der Waals surface area contributed by atoms with Gasteiger partial charge in [0.2, 0.25) is 0 Å². The molecule has 3 heterocycles. The average molecular weight is 259 g/mol. The van der Waals surface area contributed by atoms with Crippen LogP contribution in [0.3, 0.4) is 0 Å². The zero-order chi connectivity index (χ0) is 13.2. The smallest absolute Gasteiger partial charge is 0.310 e. The summed E-state index contributed by atoms with van der Waals surface area (Å²) in [5.74, 6) is -0.0838. The lowest BCUT2D eigenvalue weighted by Gasteiger charge is -2.13. The maximum absolute atomic E-state index is 11.5. The molecule has 1 unspecified atom stereocenters. The van der Waals surface area contributed by atoms with Crippen LogP contribution in [0.1, 0.15) is 12.1 Å². The largest absolute Gasteiger partial charge is 0.469 e. The Morgan fingerprint density at radius 1 is 1.53 bits per heavy atom. The molecule has 5 heteroatoms. The van der Waals surface area contributed by atoms with Crippen molar-refractivity contribution in [1.82, 2.24) is 14.3 Å². The Bertz CT molecular complexity index is 560. The minimum atomic E-state index is -0.0995. The lowest BCUT2D eigenvalue weighted by molar-refractivity contribution is -0.144. The fourth-order valence-electron chi connectivity index (χ4n) is 2.63. The van der Waals surface area contributed by atoms with Crippen molar-refractivity contribution in [2.24, 2.45) is 5.92 Å². The van der Waals surface area contributed by atoms with E-state index in [9.17, 15) is 4.79 Å². The average Bonchev–Trinajstić information content (AvgIpc) is 3.04. The van der Waals surface area contributed by atoms with Gasteiger partial charge in [-0.25, -0.2) is 4.98 Å². The molecule has 0 amide bonds. The van der Waals surface area contributed by atoms with Crippen molar-refractivity contribution in [2.75, 3.05) is 20.2 Å². The van der Waals surface area contributed by atoms with E-state index in [-0.39, 0.29) is 11.9 Å². The van der Waals surface area contributed by atoms with Crippen molar-refractivity contribution in [2.45, 2.75) is 13.0 Å². The van der Waals surface area contributed by atoms with E-state index in [0.29, 0.717) is 0 Å². The van der Waals surface area contributed by atoms with Gasteiger partial charge in [0.15, 0.2) is 0 Å². The molecule has 5 nitrogen and oxygen atoms in total. The maximum Gasteiger partial charge on any atom is 0.310 e. The lowest BCUT2D eigenvalue weighted by atomic mass is 10.1. The predicted molar refractivity (Wildman–Crippen MR) is 70.6 cm³/mol. The van der Waals surface area contributed by atoms with E-state index < -0.39 is 0 Å². The molecule has 3 rings (SSSR count). The minimum Gasteiger partial charge on any atom is -0.469 e. The van der Waals surface area contributed by atoms with Crippen LogP contribution in [0.15, 0.2) is 30.6 Å². The number of hydrogen-bond donors (Lipinski definition) is 0. The highest BCUT2D eigenvalue weighted by Crippen LogP contribution is 2.19. The molecule has 2 aromatic rings. The van der Waals surface area contributed by atoms with Gasteiger partial charge in [-0.05, 0) is 25.1 Å². The molecule has 0 bridgehead atoms. The Labute approximate surface area is 111 Å². The summed E-state index contributed by atoms with van der Waals surface area (Å²) >= 11 is 0. The molecule has 1 atom stereocenters. The van der Waals surface area contributed by atoms with Gasteiger partial charge in [0, 0.05) is 25.5 Å². The number of fused-ring (bicyclic) bond motifs is 1. The first-order valence-electron chi connectivity index (χ1n) is 6.49. The van der Waals surface area contributed by atoms with Crippen molar-refractivity contribution in [3.8, 4) is 0 Å². The number of methoxy groups -OCH3 is 1. The summed E-state index contributed by atoms with van der Waals surface area (Å²) in [6, 6.07) is 5.96. The van der Waals surface area contributed by atoms with Gasteiger partial charge in [-0.15, -0.1) is 0 Å². The first kappa shape index (κ1) is 12.2. The highest BCUT2D eigenvalue weighted by molar-refractivity contribution is 5.72. The Morgan fingerprint density at radius 3 is 3.21 bits per heavy atom. The molecule has 1 aliphatic heterocycles. The third kappa shape index (κ3) is 2.46. The third-order valence-corrected chi connectivity index (χ3v) is 3.61. The summed E-state index contributed by atoms with van der Waals surface area (Å²) in [5.41, 5.74) is 2.00. The molecule has 19 heavy (non-hydrogen) atoms. The van der Waals surface area contributed by atoms with E-state index >= 15 is 0 Å². The highest BCUT2D eigenvalue weighted by Gasteiger charge is 2.29. The SMILES string of the molecule is COC(=O)C1CCN(Cc2cn3ccccc3n2)C1. The first-order chi connectivity index (χ1) is 9.26.